The zero-order chi connectivity index (χ0) is 10.8. The van der Waals surface area contributed by atoms with Gasteiger partial charge >= 0.3 is 0 Å². The third kappa shape index (κ3) is 2.49. The average molecular weight is 321 g/mol. The van der Waals surface area contributed by atoms with Crippen molar-refractivity contribution in [3.8, 4) is 0 Å². The lowest BCUT2D eigenvalue weighted by molar-refractivity contribution is 0.0486. The lowest BCUT2D eigenvalue weighted by atomic mass is 9.82. The van der Waals surface area contributed by atoms with Gasteiger partial charge in [0.2, 0.25) is 0 Å². The molecule has 1 saturated carbocycles. The minimum absolute atomic E-state index is 0.123. The van der Waals surface area contributed by atoms with E-state index in [9.17, 15) is 4.79 Å². The Hall–Kier alpha value is -0.630. The van der Waals surface area contributed by atoms with Crippen molar-refractivity contribution in [2.24, 2.45) is 5.92 Å². The van der Waals surface area contributed by atoms with Crippen molar-refractivity contribution >= 4 is 28.4 Å². The Bertz CT molecular complexity index is 401. The van der Waals surface area contributed by atoms with Gasteiger partial charge in [-0.2, -0.15) is 0 Å². The van der Waals surface area contributed by atoms with Gasteiger partial charge in [0.05, 0.1) is 12.4 Å². The molecule has 1 heterocycles. The zero-order valence-corrected chi connectivity index (χ0v) is 10.2. The van der Waals surface area contributed by atoms with Crippen LogP contribution >= 0.6 is 22.6 Å². The molecular formula is C9H12IN3O2. The number of halogens is 1. The molecule has 0 aromatic carbocycles. The number of nitrogens with zero attached hydrogens (tertiary/aromatic N) is 1. The first-order valence-electron chi connectivity index (χ1n) is 4.82. The second-order valence-corrected chi connectivity index (χ2v) is 4.85. The van der Waals surface area contributed by atoms with Crippen molar-refractivity contribution in [2.45, 2.75) is 18.9 Å². The standard InChI is InChI=1S/C9H12IN3O2/c10-7-8(12-4-13-9(7)15)11-3-5-1-6(14)2-5/h4-6,14H,1-3H2,(H2,11,12,13,15). The first kappa shape index (κ1) is 10.9. The van der Waals surface area contributed by atoms with Crippen molar-refractivity contribution in [1.82, 2.24) is 9.97 Å². The molecule has 0 aliphatic heterocycles. The monoisotopic (exact) mass is 321 g/mol. The van der Waals surface area contributed by atoms with Crippen LogP contribution in [-0.2, 0) is 0 Å². The van der Waals surface area contributed by atoms with Gasteiger partial charge in [-0.1, -0.05) is 0 Å². The maximum atomic E-state index is 11.2. The SMILES string of the molecule is O=c1[nH]cnc(NCC2CC(O)C2)c1I. The number of anilines is 1. The van der Waals surface area contributed by atoms with Crippen LogP contribution in [0.25, 0.3) is 0 Å². The van der Waals surface area contributed by atoms with Crippen molar-refractivity contribution in [2.75, 3.05) is 11.9 Å². The summed E-state index contributed by atoms with van der Waals surface area (Å²) in [4.78, 5) is 17.8. The smallest absolute Gasteiger partial charge is 0.266 e. The second kappa shape index (κ2) is 4.48. The molecule has 0 radical (unpaired) electrons. The predicted octanol–water partition coefficient (Wildman–Crippen LogP) is 0.557. The molecule has 0 unspecified atom stereocenters. The molecule has 1 aliphatic rings. The number of hydrogen-bond donors (Lipinski definition) is 3. The molecule has 1 fully saturated rings. The van der Waals surface area contributed by atoms with E-state index in [0.717, 1.165) is 19.4 Å². The maximum absolute atomic E-state index is 11.2. The third-order valence-corrected chi connectivity index (χ3v) is 3.57. The molecule has 82 valence electrons. The van der Waals surface area contributed by atoms with E-state index in [1.54, 1.807) is 0 Å². The van der Waals surface area contributed by atoms with Gasteiger partial charge in [-0.3, -0.25) is 4.79 Å². The Kier molecular flexibility index (Phi) is 3.25. The normalized spacial score (nSPS) is 24.7. The van der Waals surface area contributed by atoms with Crippen molar-refractivity contribution in [3.63, 3.8) is 0 Å². The average Bonchev–Trinajstić information content (AvgIpc) is 2.17. The number of aromatic amines is 1. The van der Waals surface area contributed by atoms with Crippen LogP contribution in [0.2, 0.25) is 0 Å². The van der Waals surface area contributed by atoms with Gasteiger partial charge in [0.25, 0.3) is 5.56 Å². The van der Waals surface area contributed by atoms with Crippen LogP contribution in [0.3, 0.4) is 0 Å². The van der Waals surface area contributed by atoms with Crippen molar-refractivity contribution in [1.29, 1.82) is 0 Å². The Morgan fingerprint density at radius 3 is 3.07 bits per heavy atom. The molecule has 1 aromatic heterocycles. The molecule has 3 N–H and O–H groups in total. The Balaban J connectivity index is 1.93. The fourth-order valence-electron chi connectivity index (χ4n) is 1.61. The summed E-state index contributed by atoms with van der Waals surface area (Å²) in [6.45, 7) is 0.767. The Labute approximate surface area is 100 Å². The highest BCUT2D eigenvalue weighted by Crippen LogP contribution is 2.27. The minimum Gasteiger partial charge on any atom is -0.393 e. The number of aliphatic hydroxyl groups is 1. The fraction of sp³-hybridized carbons (Fsp3) is 0.556. The Morgan fingerprint density at radius 2 is 2.40 bits per heavy atom. The summed E-state index contributed by atoms with van der Waals surface area (Å²) in [5.74, 6) is 1.12. The van der Waals surface area contributed by atoms with Crippen LogP contribution in [0.5, 0.6) is 0 Å². The molecule has 15 heavy (non-hydrogen) atoms. The number of rotatable bonds is 3. The third-order valence-electron chi connectivity index (χ3n) is 2.57. The number of aliphatic hydroxyl groups excluding tert-OH is 1. The van der Waals surface area contributed by atoms with Gasteiger partial charge < -0.3 is 15.4 Å². The molecule has 0 amide bonds. The number of nitrogens with one attached hydrogen (secondary N) is 2. The van der Waals surface area contributed by atoms with E-state index in [-0.39, 0.29) is 11.7 Å². The van der Waals surface area contributed by atoms with Crippen LogP contribution in [0.15, 0.2) is 11.1 Å². The summed E-state index contributed by atoms with van der Waals surface area (Å²) in [5.41, 5.74) is -0.123. The number of hydrogen-bond acceptors (Lipinski definition) is 4. The van der Waals surface area contributed by atoms with Crippen LogP contribution in [0, 0.1) is 9.49 Å². The second-order valence-electron chi connectivity index (χ2n) is 3.77. The van der Waals surface area contributed by atoms with Crippen LogP contribution < -0.4 is 10.9 Å². The molecule has 0 bridgehead atoms. The van der Waals surface area contributed by atoms with Crippen LogP contribution in [-0.4, -0.2) is 27.7 Å². The van der Waals surface area contributed by atoms with Gasteiger partial charge in [0.15, 0.2) is 0 Å². The molecule has 0 atom stereocenters. The largest absolute Gasteiger partial charge is 0.393 e. The van der Waals surface area contributed by atoms with E-state index in [1.165, 1.54) is 6.33 Å². The van der Waals surface area contributed by atoms with E-state index in [4.69, 9.17) is 5.11 Å². The summed E-state index contributed by atoms with van der Waals surface area (Å²) >= 11 is 1.97. The lowest BCUT2D eigenvalue weighted by Crippen LogP contribution is -2.33. The topological polar surface area (TPSA) is 78.0 Å². The highest BCUT2D eigenvalue weighted by atomic mass is 127. The zero-order valence-electron chi connectivity index (χ0n) is 8.03. The first-order valence-corrected chi connectivity index (χ1v) is 5.90. The van der Waals surface area contributed by atoms with E-state index >= 15 is 0 Å². The molecule has 5 nitrogen and oxygen atoms in total. The fourth-order valence-corrected chi connectivity index (χ4v) is 2.10. The molecule has 6 heteroatoms. The molecule has 0 spiro atoms. The highest BCUT2D eigenvalue weighted by Gasteiger charge is 2.26. The van der Waals surface area contributed by atoms with Gasteiger partial charge in [0, 0.05) is 6.54 Å². The van der Waals surface area contributed by atoms with Gasteiger partial charge in [-0.15, -0.1) is 0 Å². The van der Waals surface area contributed by atoms with Gasteiger partial charge in [-0.25, -0.2) is 4.98 Å². The molecule has 2 rings (SSSR count). The molecule has 0 saturated heterocycles. The summed E-state index contributed by atoms with van der Waals surface area (Å²) in [6.07, 6.45) is 2.94. The Morgan fingerprint density at radius 1 is 1.67 bits per heavy atom. The van der Waals surface area contributed by atoms with Crippen molar-refractivity contribution < 1.29 is 5.11 Å². The summed E-state index contributed by atoms with van der Waals surface area (Å²) in [6, 6.07) is 0. The van der Waals surface area contributed by atoms with E-state index in [1.807, 2.05) is 22.6 Å². The lowest BCUT2D eigenvalue weighted by Gasteiger charge is -2.31. The van der Waals surface area contributed by atoms with Crippen LogP contribution in [0.1, 0.15) is 12.8 Å². The molecule has 1 aliphatic carbocycles. The van der Waals surface area contributed by atoms with E-state index in [0.29, 0.717) is 15.3 Å². The minimum atomic E-state index is -0.136. The number of aromatic nitrogens is 2. The maximum Gasteiger partial charge on any atom is 0.266 e. The summed E-state index contributed by atoms with van der Waals surface area (Å²) in [7, 11) is 0. The summed E-state index contributed by atoms with van der Waals surface area (Å²) < 4.78 is 0.579. The first-order chi connectivity index (χ1) is 7.16. The van der Waals surface area contributed by atoms with Crippen molar-refractivity contribution in [3.05, 3.63) is 20.3 Å². The molecular weight excluding hydrogens is 309 g/mol. The molecule has 1 aromatic rings. The quantitative estimate of drug-likeness (QED) is 0.711. The highest BCUT2D eigenvalue weighted by molar-refractivity contribution is 14.1. The van der Waals surface area contributed by atoms with E-state index in [2.05, 4.69) is 15.3 Å². The van der Waals surface area contributed by atoms with Crippen LogP contribution in [0.4, 0.5) is 5.82 Å². The predicted molar refractivity (Wildman–Crippen MR) is 64.8 cm³/mol. The van der Waals surface area contributed by atoms with Gasteiger partial charge in [-0.05, 0) is 41.4 Å². The van der Waals surface area contributed by atoms with E-state index < -0.39 is 0 Å². The van der Waals surface area contributed by atoms with Gasteiger partial charge in [0.1, 0.15) is 9.39 Å². The number of H-pyrrole nitrogens is 1. The summed E-state index contributed by atoms with van der Waals surface area (Å²) in [5, 5.41) is 12.2.